The van der Waals surface area contributed by atoms with Gasteiger partial charge in [0.15, 0.2) is 0 Å². The molecular formula is C16H15FO3. The summed E-state index contributed by atoms with van der Waals surface area (Å²) in [4.78, 5) is 0. The molecule has 0 fully saturated rings. The van der Waals surface area contributed by atoms with Crippen molar-refractivity contribution in [3.8, 4) is 11.5 Å². The van der Waals surface area contributed by atoms with E-state index in [0.29, 0.717) is 17.9 Å². The van der Waals surface area contributed by atoms with Crippen LogP contribution in [-0.2, 0) is 0 Å². The molecule has 0 aliphatic carbocycles. The molecule has 1 heterocycles. The van der Waals surface area contributed by atoms with Crippen LogP contribution in [0.5, 0.6) is 11.5 Å². The molecule has 1 unspecified atom stereocenters. The second-order valence-corrected chi connectivity index (χ2v) is 4.82. The molecule has 1 aliphatic rings. The van der Waals surface area contributed by atoms with Crippen molar-refractivity contribution in [2.45, 2.75) is 18.6 Å². The Morgan fingerprint density at radius 1 is 1.25 bits per heavy atom. The van der Waals surface area contributed by atoms with Gasteiger partial charge < -0.3 is 14.6 Å². The molecule has 0 bridgehead atoms. The average molecular weight is 274 g/mol. The standard InChI is InChI=1S/C16H15FO3/c1-19-12-5-6-13-14(18)9-15(20-16(13)8-12)10-3-2-4-11(17)7-10/h2-8,14-15,18H,9H2,1H3/t14-,15?/m1/s1. The molecule has 0 amide bonds. The smallest absolute Gasteiger partial charge is 0.129 e. The van der Waals surface area contributed by atoms with Crippen LogP contribution < -0.4 is 9.47 Å². The van der Waals surface area contributed by atoms with Gasteiger partial charge >= 0.3 is 0 Å². The predicted octanol–water partition coefficient (Wildman–Crippen LogP) is 3.39. The lowest BCUT2D eigenvalue weighted by Crippen LogP contribution is -2.19. The van der Waals surface area contributed by atoms with Gasteiger partial charge in [-0.25, -0.2) is 4.39 Å². The van der Waals surface area contributed by atoms with Gasteiger partial charge in [-0.1, -0.05) is 12.1 Å². The topological polar surface area (TPSA) is 38.7 Å². The maximum atomic E-state index is 13.3. The Bertz CT molecular complexity index is 627. The van der Waals surface area contributed by atoms with E-state index in [9.17, 15) is 9.50 Å². The van der Waals surface area contributed by atoms with Crippen molar-refractivity contribution in [1.29, 1.82) is 0 Å². The molecule has 0 aromatic heterocycles. The van der Waals surface area contributed by atoms with Gasteiger partial charge in [0.1, 0.15) is 23.4 Å². The third-order valence-electron chi connectivity index (χ3n) is 3.51. The predicted molar refractivity (Wildman–Crippen MR) is 72.3 cm³/mol. The second-order valence-electron chi connectivity index (χ2n) is 4.82. The van der Waals surface area contributed by atoms with Crippen LogP contribution >= 0.6 is 0 Å². The van der Waals surface area contributed by atoms with Crippen molar-refractivity contribution in [3.63, 3.8) is 0 Å². The summed E-state index contributed by atoms with van der Waals surface area (Å²) in [6.07, 6.45) is -0.582. The van der Waals surface area contributed by atoms with Gasteiger partial charge in [-0.3, -0.25) is 0 Å². The van der Waals surface area contributed by atoms with Crippen molar-refractivity contribution in [2.24, 2.45) is 0 Å². The Kier molecular flexibility index (Phi) is 3.32. The molecule has 104 valence electrons. The quantitative estimate of drug-likeness (QED) is 0.912. The zero-order valence-electron chi connectivity index (χ0n) is 11.0. The molecule has 20 heavy (non-hydrogen) atoms. The minimum Gasteiger partial charge on any atom is -0.497 e. The van der Waals surface area contributed by atoms with Gasteiger partial charge in [-0.05, 0) is 29.8 Å². The fourth-order valence-electron chi connectivity index (χ4n) is 2.46. The third kappa shape index (κ3) is 2.34. The molecule has 2 atom stereocenters. The number of aliphatic hydroxyl groups is 1. The second kappa shape index (κ2) is 5.13. The third-order valence-corrected chi connectivity index (χ3v) is 3.51. The van der Waals surface area contributed by atoms with Crippen LogP contribution in [0.2, 0.25) is 0 Å². The molecule has 0 saturated heterocycles. The zero-order chi connectivity index (χ0) is 14.1. The van der Waals surface area contributed by atoms with Gasteiger partial charge in [0, 0.05) is 18.1 Å². The van der Waals surface area contributed by atoms with Gasteiger partial charge in [-0.15, -0.1) is 0 Å². The Balaban J connectivity index is 1.95. The summed E-state index contributed by atoms with van der Waals surface area (Å²) in [6, 6.07) is 11.6. The number of ether oxygens (including phenoxy) is 2. The molecule has 0 spiro atoms. The van der Waals surface area contributed by atoms with E-state index in [2.05, 4.69) is 0 Å². The highest BCUT2D eigenvalue weighted by Gasteiger charge is 2.28. The summed E-state index contributed by atoms with van der Waals surface area (Å²) in [5.74, 6) is 0.935. The number of rotatable bonds is 2. The van der Waals surface area contributed by atoms with Crippen molar-refractivity contribution in [3.05, 3.63) is 59.4 Å². The fraction of sp³-hybridized carbons (Fsp3) is 0.250. The van der Waals surface area contributed by atoms with Crippen LogP contribution in [0.1, 0.15) is 29.8 Å². The molecule has 4 heteroatoms. The average Bonchev–Trinajstić information content (AvgIpc) is 2.46. The number of hydrogen-bond acceptors (Lipinski definition) is 3. The largest absolute Gasteiger partial charge is 0.497 e. The van der Waals surface area contributed by atoms with E-state index >= 15 is 0 Å². The van der Waals surface area contributed by atoms with Crippen LogP contribution in [0.15, 0.2) is 42.5 Å². The Labute approximate surface area is 116 Å². The maximum absolute atomic E-state index is 13.3. The highest BCUT2D eigenvalue weighted by Crippen LogP contribution is 2.42. The molecule has 1 aliphatic heterocycles. The Morgan fingerprint density at radius 2 is 2.10 bits per heavy atom. The van der Waals surface area contributed by atoms with E-state index in [1.165, 1.54) is 12.1 Å². The highest BCUT2D eigenvalue weighted by atomic mass is 19.1. The first-order chi connectivity index (χ1) is 9.67. The number of methoxy groups -OCH3 is 1. The lowest BCUT2D eigenvalue weighted by Gasteiger charge is -2.30. The number of halogens is 1. The van der Waals surface area contributed by atoms with E-state index in [1.807, 2.05) is 0 Å². The monoisotopic (exact) mass is 274 g/mol. The molecule has 0 radical (unpaired) electrons. The van der Waals surface area contributed by atoms with Gasteiger partial charge in [0.25, 0.3) is 0 Å². The first-order valence-corrected chi connectivity index (χ1v) is 6.45. The summed E-state index contributed by atoms with van der Waals surface area (Å²) >= 11 is 0. The van der Waals surface area contributed by atoms with E-state index in [4.69, 9.17) is 9.47 Å². The van der Waals surface area contributed by atoms with Gasteiger partial charge in [0.05, 0.1) is 13.2 Å². The molecule has 3 nitrogen and oxygen atoms in total. The summed E-state index contributed by atoms with van der Waals surface area (Å²) in [6.45, 7) is 0. The first-order valence-electron chi connectivity index (χ1n) is 6.45. The number of hydrogen-bond donors (Lipinski definition) is 1. The number of benzene rings is 2. The van der Waals surface area contributed by atoms with Gasteiger partial charge in [0.2, 0.25) is 0 Å². The van der Waals surface area contributed by atoms with Crippen molar-refractivity contribution >= 4 is 0 Å². The van der Waals surface area contributed by atoms with E-state index in [0.717, 1.165) is 11.1 Å². The lowest BCUT2D eigenvalue weighted by atomic mass is 9.95. The molecule has 2 aromatic carbocycles. The molecule has 3 rings (SSSR count). The molecular weight excluding hydrogens is 259 g/mol. The van der Waals surface area contributed by atoms with Gasteiger partial charge in [-0.2, -0.15) is 0 Å². The normalized spacial score (nSPS) is 20.9. The van der Waals surface area contributed by atoms with E-state index in [1.54, 1.807) is 37.4 Å². The minimum absolute atomic E-state index is 0.308. The van der Waals surface area contributed by atoms with Crippen molar-refractivity contribution in [1.82, 2.24) is 0 Å². The Morgan fingerprint density at radius 3 is 2.85 bits per heavy atom. The van der Waals surface area contributed by atoms with Crippen molar-refractivity contribution in [2.75, 3.05) is 7.11 Å². The number of aliphatic hydroxyl groups excluding tert-OH is 1. The lowest BCUT2D eigenvalue weighted by molar-refractivity contribution is 0.0653. The van der Waals surface area contributed by atoms with E-state index < -0.39 is 6.10 Å². The van der Waals surface area contributed by atoms with Crippen LogP contribution in [0.4, 0.5) is 4.39 Å². The molecule has 2 aromatic rings. The molecule has 1 N–H and O–H groups in total. The zero-order valence-corrected chi connectivity index (χ0v) is 11.0. The fourth-order valence-corrected chi connectivity index (χ4v) is 2.46. The first kappa shape index (κ1) is 12.9. The number of fused-ring (bicyclic) bond motifs is 1. The molecule has 0 saturated carbocycles. The highest BCUT2D eigenvalue weighted by molar-refractivity contribution is 5.44. The Hall–Kier alpha value is -2.07. The van der Waals surface area contributed by atoms with Crippen molar-refractivity contribution < 1.29 is 19.0 Å². The van der Waals surface area contributed by atoms with E-state index in [-0.39, 0.29) is 11.9 Å². The van der Waals surface area contributed by atoms with Crippen LogP contribution in [0, 0.1) is 5.82 Å². The summed E-state index contributed by atoms with van der Waals surface area (Å²) in [7, 11) is 1.57. The van der Waals surface area contributed by atoms with Crippen LogP contribution in [0.25, 0.3) is 0 Å². The minimum atomic E-state index is -0.627. The summed E-state index contributed by atoms with van der Waals surface area (Å²) < 4.78 is 24.3. The summed E-state index contributed by atoms with van der Waals surface area (Å²) in [5, 5.41) is 10.2. The van der Waals surface area contributed by atoms with Crippen LogP contribution in [-0.4, -0.2) is 12.2 Å². The summed E-state index contributed by atoms with van der Waals surface area (Å²) in [5.41, 5.74) is 1.45. The SMILES string of the molecule is COc1ccc2c(c1)OC(c1cccc(F)c1)C[C@H]2O. The maximum Gasteiger partial charge on any atom is 0.129 e. The van der Waals surface area contributed by atoms with Crippen LogP contribution in [0.3, 0.4) is 0 Å².